The molecular formula is C18H26O2. The Morgan fingerprint density at radius 1 is 1.25 bits per heavy atom. The monoisotopic (exact) mass is 274 g/mol. The van der Waals surface area contributed by atoms with Gasteiger partial charge in [0.25, 0.3) is 0 Å². The summed E-state index contributed by atoms with van der Waals surface area (Å²) in [6.07, 6.45) is 6.39. The average molecular weight is 274 g/mol. The molecule has 20 heavy (non-hydrogen) atoms. The summed E-state index contributed by atoms with van der Waals surface area (Å²) >= 11 is 0. The van der Waals surface area contributed by atoms with Crippen molar-refractivity contribution in [3.8, 4) is 0 Å². The van der Waals surface area contributed by atoms with Crippen molar-refractivity contribution in [2.45, 2.75) is 57.8 Å². The Morgan fingerprint density at radius 3 is 2.50 bits per heavy atom. The van der Waals surface area contributed by atoms with Gasteiger partial charge in [0.15, 0.2) is 0 Å². The molecule has 3 atom stereocenters. The second-order valence-corrected chi connectivity index (χ2v) is 6.13. The Bertz CT molecular complexity index is 440. The third-order valence-corrected chi connectivity index (χ3v) is 5.29. The summed E-state index contributed by atoms with van der Waals surface area (Å²) in [6.45, 7) is 4.25. The van der Waals surface area contributed by atoms with Gasteiger partial charge in [-0.1, -0.05) is 63.4 Å². The van der Waals surface area contributed by atoms with Gasteiger partial charge in [0.1, 0.15) is 0 Å². The predicted octanol–water partition coefficient (Wildman–Crippen LogP) is 4.64. The highest BCUT2D eigenvalue weighted by molar-refractivity contribution is 5.81. The van der Waals surface area contributed by atoms with Crippen molar-refractivity contribution < 1.29 is 9.90 Å². The number of carboxylic acid groups (broad SMARTS) is 1. The minimum absolute atomic E-state index is 0.270. The van der Waals surface area contributed by atoms with E-state index >= 15 is 0 Å². The lowest BCUT2D eigenvalue weighted by Gasteiger charge is -2.41. The fraction of sp³-hybridized carbons (Fsp3) is 0.611. The third-order valence-electron chi connectivity index (χ3n) is 5.29. The number of carboxylic acids is 1. The molecule has 0 heterocycles. The zero-order valence-electron chi connectivity index (χ0n) is 12.6. The molecule has 1 aliphatic rings. The first-order valence-electron chi connectivity index (χ1n) is 7.94. The highest BCUT2D eigenvalue weighted by Gasteiger charge is 2.46. The summed E-state index contributed by atoms with van der Waals surface area (Å²) in [7, 11) is 0. The summed E-state index contributed by atoms with van der Waals surface area (Å²) in [4.78, 5) is 12.1. The van der Waals surface area contributed by atoms with E-state index in [-0.39, 0.29) is 5.92 Å². The maximum Gasteiger partial charge on any atom is 0.314 e. The van der Waals surface area contributed by atoms with E-state index in [0.717, 1.165) is 18.4 Å². The molecule has 1 aliphatic carbocycles. The lowest BCUT2D eigenvalue weighted by molar-refractivity contribution is -0.147. The summed E-state index contributed by atoms with van der Waals surface area (Å²) in [5, 5.41) is 9.99. The van der Waals surface area contributed by atoms with Crippen LogP contribution in [0.5, 0.6) is 0 Å². The van der Waals surface area contributed by atoms with Gasteiger partial charge in [-0.05, 0) is 36.7 Å². The molecule has 0 amide bonds. The molecule has 1 fully saturated rings. The first-order chi connectivity index (χ1) is 9.65. The van der Waals surface area contributed by atoms with Crippen molar-refractivity contribution in [2.75, 3.05) is 0 Å². The van der Waals surface area contributed by atoms with Crippen molar-refractivity contribution in [1.82, 2.24) is 0 Å². The van der Waals surface area contributed by atoms with Crippen LogP contribution in [0.15, 0.2) is 30.3 Å². The minimum Gasteiger partial charge on any atom is -0.481 e. The van der Waals surface area contributed by atoms with Gasteiger partial charge in [-0.15, -0.1) is 0 Å². The number of benzene rings is 1. The van der Waals surface area contributed by atoms with E-state index in [1.807, 2.05) is 37.3 Å². The molecule has 1 saturated carbocycles. The van der Waals surface area contributed by atoms with Crippen LogP contribution < -0.4 is 0 Å². The Kier molecular flexibility index (Phi) is 4.85. The van der Waals surface area contributed by atoms with E-state index in [4.69, 9.17) is 0 Å². The van der Waals surface area contributed by atoms with Crippen LogP contribution >= 0.6 is 0 Å². The van der Waals surface area contributed by atoms with E-state index in [2.05, 4.69) is 6.92 Å². The molecule has 0 aliphatic heterocycles. The quantitative estimate of drug-likeness (QED) is 0.849. The Balaban J connectivity index is 2.39. The van der Waals surface area contributed by atoms with Crippen LogP contribution in [-0.4, -0.2) is 11.1 Å². The molecule has 0 spiro atoms. The van der Waals surface area contributed by atoms with Crippen molar-refractivity contribution in [1.29, 1.82) is 0 Å². The molecular weight excluding hydrogens is 248 g/mol. The van der Waals surface area contributed by atoms with Crippen molar-refractivity contribution in [3.63, 3.8) is 0 Å². The first kappa shape index (κ1) is 15.1. The second-order valence-electron chi connectivity index (χ2n) is 6.13. The van der Waals surface area contributed by atoms with Gasteiger partial charge in [0.05, 0.1) is 5.41 Å². The Morgan fingerprint density at radius 2 is 1.95 bits per heavy atom. The van der Waals surface area contributed by atoms with Gasteiger partial charge in [0, 0.05) is 0 Å². The maximum absolute atomic E-state index is 12.1. The van der Waals surface area contributed by atoms with Crippen molar-refractivity contribution in [2.24, 2.45) is 11.8 Å². The van der Waals surface area contributed by atoms with Gasteiger partial charge in [0.2, 0.25) is 0 Å². The Labute approximate surface area is 122 Å². The number of carbonyl (C=O) groups is 1. The highest BCUT2D eigenvalue weighted by Crippen LogP contribution is 2.45. The number of hydrogen-bond donors (Lipinski definition) is 1. The van der Waals surface area contributed by atoms with Gasteiger partial charge in [-0.3, -0.25) is 4.79 Å². The summed E-state index contributed by atoms with van der Waals surface area (Å²) in [6, 6.07) is 9.87. The number of rotatable bonds is 5. The number of aliphatic carboxylic acids is 1. The molecule has 0 radical (unpaired) electrons. The van der Waals surface area contributed by atoms with Crippen LogP contribution in [0.3, 0.4) is 0 Å². The van der Waals surface area contributed by atoms with Crippen molar-refractivity contribution >= 4 is 5.97 Å². The lowest BCUT2D eigenvalue weighted by Crippen LogP contribution is -2.44. The van der Waals surface area contributed by atoms with E-state index in [1.54, 1.807) is 0 Å². The predicted molar refractivity (Wildman–Crippen MR) is 81.8 cm³/mol. The molecule has 2 heteroatoms. The van der Waals surface area contributed by atoms with E-state index in [0.29, 0.717) is 12.3 Å². The highest BCUT2D eigenvalue weighted by atomic mass is 16.4. The molecule has 1 aromatic carbocycles. The molecule has 2 rings (SSSR count). The van der Waals surface area contributed by atoms with Gasteiger partial charge < -0.3 is 5.11 Å². The van der Waals surface area contributed by atoms with E-state index < -0.39 is 11.4 Å². The largest absolute Gasteiger partial charge is 0.481 e. The van der Waals surface area contributed by atoms with Crippen LogP contribution in [0.1, 0.15) is 57.9 Å². The Hall–Kier alpha value is -1.31. The summed E-state index contributed by atoms with van der Waals surface area (Å²) in [5.74, 6) is 0.321. The summed E-state index contributed by atoms with van der Waals surface area (Å²) < 4.78 is 0. The second kappa shape index (κ2) is 6.43. The molecule has 1 aromatic rings. The molecule has 2 nitrogen and oxygen atoms in total. The fourth-order valence-corrected chi connectivity index (χ4v) is 4.02. The third kappa shape index (κ3) is 2.61. The van der Waals surface area contributed by atoms with Gasteiger partial charge in [-0.2, -0.15) is 0 Å². The van der Waals surface area contributed by atoms with E-state index in [9.17, 15) is 9.90 Å². The normalized spacial score (nSPS) is 25.9. The SMILES string of the molecule is CCC1CCCC(C(CC)(C(=O)O)c2ccccc2)C1. The topological polar surface area (TPSA) is 37.3 Å². The van der Waals surface area contributed by atoms with Crippen LogP contribution in [-0.2, 0) is 10.2 Å². The maximum atomic E-state index is 12.1. The van der Waals surface area contributed by atoms with E-state index in [1.165, 1.54) is 19.3 Å². The molecule has 110 valence electrons. The molecule has 0 aromatic heterocycles. The van der Waals surface area contributed by atoms with Crippen LogP contribution in [0.4, 0.5) is 0 Å². The smallest absolute Gasteiger partial charge is 0.314 e. The zero-order chi connectivity index (χ0) is 14.6. The standard InChI is InChI=1S/C18H26O2/c1-3-14-9-8-12-16(13-14)18(4-2,17(19)20)15-10-6-5-7-11-15/h5-7,10-11,14,16H,3-4,8-9,12-13H2,1-2H3,(H,19,20). The first-order valence-corrected chi connectivity index (χ1v) is 7.94. The minimum atomic E-state index is -0.699. The van der Waals surface area contributed by atoms with Crippen LogP contribution in [0, 0.1) is 11.8 Å². The van der Waals surface area contributed by atoms with Crippen LogP contribution in [0.25, 0.3) is 0 Å². The summed E-state index contributed by atoms with van der Waals surface area (Å²) in [5.41, 5.74) is 0.284. The molecule has 3 unspecified atom stereocenters. The average Bonchev–Trinajstić information content (AvgIpc) is 2.49. The number of hydrogen-bond acceptors (Lipinski definition) is 1. The molecule has 0 bridgehead atoms. The fourth-order valence-electron chi connectivity index (χ4n) is 4.02. The van der Waals surface area contributed by atoms with Crippen molar-refractivity contribution in [3.05, 3.63) is 35.9 Å². The van der Waals surface area contributed by atoms with Gasteiger partial charge >= 0.3 is 5.97 Å². The van der Waals surface area contributed by atoms with Crippen LogP contribution in [0.2, 0.25) is 0 Å². The van der Waals surface area contributed by atoms with Gasteiger partial charge in [-0.25, -0.2) is 0 Å². The zero-order valence-corrected chi connectivity index (χ0v) is 12.6. The molecule has 1 N–H and O–H groups in total. The molecule has 0 saturated heterocycles. The lowest BCUT2D eigenvalue weighted by atomic mass is 9.61.